The van der Waals surface area contributed by atoms with Gasteiger partial charge in [0, 0.05) is 5.41 Å². The molecule has 1 rings (SSSR count). The zero-order valence-electron chi connectivity index (χ0n) is 9.63. The average molecular weight is 208 g/mol. The number of amidine groups is 1. The Kier molecular flexibility index (Phi) is 3.12. The van der Waals surface area contributed by atoms with Gasteiger partial charge in [-0.15, -0.1) is 0 Å². The number of halogens is 1. The minimum absolute atomic E-state index is 0.193. The van der Waals surface area contributed by atoms with Crippen LogP contribution in [0.4, 0.5) is 10.1 Å². The van der Waals surface area contributed by atoms with Crippen molar-refractivity contribution in [2.24, 2.45) is 16.1 Å². The Bertz CT molecular complexity index is 389. The van der Waals surface area contributed by atoms with Gasteiger partial charge in [0.05, 0.1) is 5.69 Å². The van der Waals surface area contributed by atoms with Crippen molar-refractivity contribution in [3.05, 3.63) is 29.6 Å². The summed E-state index contributed by atoms with van der Waals surface area (Å²) in [5.41, 5.74) is 6.78. The van der Waals surface area contributed by atoms with Crippen molar-refractivity contribution in [2.75, 3.05) is 0 Å². The predicted octanol–water partition coefficient (Wildman–Crippen LogP) is 3.17. The molecule has 0 radical (unpaired) electrons. The molecular formula is C12H17FN2. The van der Waals surface area contributed by atoms with E-state index in [9.17, 15) is 4.39 Å². The maximum Gasteiger partial charge on any atom is 0.128 e. The second-order valence-electron chi connectivity index (χ2n) is 4.68. The first-order chi connectivity index (χ1) is 6.80. The molecule has 0 aliphatic carbocycles. The molecule has 0 aromatic heterocycles. The highest BCUT2D eigenvalue weighted by Crippen LogP contribution is 2.20. The maximum absolute atomic E-state index is 13.2. The third-order valence-electron chi connectivity index (χ3n) is 2.17. The maximum atomic E-state index is 13.2. The topological polar surface area (TPSA) is 38.4 Å². The molecule has 0 spiro atoms. The molecule has 0 unspecified atom stereocenters. The van der Waals surface area contributed by atoms with E-state index in [4.69, 9.17) is 5.73 Å². The first-order valence-electron chi connectivity index (χ1n) is 4.91. The van der Waals surface area contributed by atoms with Gasteiger partial charge < -0.3 is 5.73 Å². The molecule has 1 aromatic carbocycles. The van der Waals surface area contributed by atoms with Gasteiger partial charge in [-0.05, 0) is 24.6 Å². The van der Waals surface area contributed by atoms with Crippen LogP contribution in [0.2, 0.25) is 0 Å². The summed E-state index contributed by atoms with van der Waals surface area (Å²) in [4.78, 5) is 4.19. The molecule has 0 fully saturated rings. The summed E-state index contributed by atoms with van der Waals surface area (Å²) in [5, 5.41) is 0. The molecule has 2 N–H and O–H groups in total. The highest BCUT2D eigenvalue weighted by molar-refractivity contribution is 5.87. The molecule has 0 aliphatic rings. The van der Waals surface area contributed by atoms with Crippen molar-refractivity contribution in [1.82, 2.24) is 0 Å². The minimum Gasteiger partial charge on any atom is -0.387 e. The van der Waals surface area contributed by atoms with Crippen LogP contribution in [0.1, 0.15) is 26.3 Å². The zero-order chi connectivity index (χ0) is 11.6. The van der Waals surface area contributed by atoms with Crippen LogP contribution in [0.25, 0.3) is 0 Å². The zero-order valence-corrected chi connectivity index (χ0v) is 9.63. The normalized spacial score (nSPS) is 13.0. The van der Waals surface area contributed by atoms with Crippen LogP contribution < -0.4 is 5.73 Å². The van der Waals surface area contributed by atoms with Gasteiger partial charge in [0.25, 0.3) is 0 Å². The summed E-state index contributed by atoms with van der Waals surface area (Å²) in [7, 11) is 0. The Morgan fingerprint density at radius 3 is 2.40 bits per heavy atom. The molecule has 15 heavy (non-hydrogen) atoms. The van der Waals surface area contributed by atoms with Crippen molar-refractivity contribution in [3.8, 4) is 0 Å². The predicted molar refractivity (Wildman–Crippen MR) is 61.9 cm³/mol. The lowest BCUT2D eigenvalue weighted by Gasteiger charge is -2.17. The van der Waals surface area contributed by atoms with E-state index in [1.165, 1.54) is 6.07 Å². The lowest BCUT2D eigenvalue weighted by Crippen LogP contribution is -2.28. The van der Waals surface area contributed by atoms with Gasteiger partial charge in [0.15, 0.2) is 0 Å². The largest absolute Gasteiger partial charge is 0.387 e. The SMILES string of the molecule is Cc1ccc(N=C(N)C(C)(C)C)cc1F. The Morgan fingerprint density at radius 2 is 1.93 bits per heavy atom. The van der Waals surface area contributed by atoms with Crippen LogP contribution in [0.15, 0.2) is 23.2 Å². The number of benzene rings is 1. The molecule has 1 aromatic rings. The summed E-state index contributed by atoms with van der Waals surface area (Å²) in [6.45, 7) is 7.62. The van der Waals surface area contributed by atoms with Crippen molar-refractivity contribution in [2.45, 2.75) is 27.7 Å². The number of nitrogens with zero attached hydrogens (tertiary/aromatic N) is 1. The summed E-state index contributed by atoms with van der Waals surface area (Å²) in [6, 6.07) is 4.86. The van der Waals surface area contributed by atoms with Gasteiger partial charge >= 0.3 is 0 Å². The fourth-order valence-electron chi connectivity index (χ4n) is 0.958. The number of nitrogens with two attached hydrogens (primary N) is 1. The smallest absolute Gasteiger partial charge is 0.128 e. The van der Waals surface area contributed by atoms with E-state index in [1.807, 2.05) is 20.8 Å². The lowest BCUT2D eigenvalue weighted by atomic mass is 9.95. The van der Waals surface area contributed by atoms with Crippen molar-refractivity contribution in [1.29, 1.82) is 0 Å². The fourth-order valence-corrected chi connectivity index (χ4v) is 0.958. The van der Waals surface area contributed by atoms with Crippen LogP contribution in [0, 0.1) is 18.2 Å². The van der Waals surface area contributed by atoms with E-state index in [2.05, 4.69) is 4.99 Å². The van der Waals surface area contributed by atoms with Crippen molar-refractivity contribution >= 4 is 11.5 Å². The number of rotatable bonds is 1. The molecule has 0 aliphatic heterocycles. The molecule has 0 amide bonds. The van der Waals surface area contributed by atoms with Crippen molar-refractivity contribution < 1.29 is 4.39 Å². The van der Waals surface area contributed by atoms with Crippen LogP contribution >= 0.6 is 0 Å². The Morgan fingerprint density at radius 1 is 1.33 bits per heavy atom. The molecule has 0 heterocycles. The van der Waals surface area contributed by atoms with Gasteiger partial charge in [-0.1, -0.05) is 26.8 Å². The quantitative estimate of drug-likeness (QED) is 0.558. The Hall–Kier alpha value is -1.38. The molecule has 0 saturated carbocycles. The fraction of sp³-hybridized carbons (Fsp3) is 0.417. The van der Waals surface area contributed by atoms with Crippen LogP contribution in [0.5, 0.6) is 0 Å². The standard InChI is InChI=1S/C12H17FN2/c1-8-5-6-9(7-10(8)13)15-11(14)12(2,3)4/h5-7H,1-4H3,(H2,14,15). The first kappa shape index (κ1) is 11.7. The van der Waals surface area contributed by atoms with E-state index in [0.29, 0.717) is 17.1 Å². The van der Waals surface area contributed by atoms with Crippen molar-refractivity contribution in [3.63, 3.8) is 0 Å². The minimum atomic E-state index is -0.252. The molecule has 3 heteroatoms. The van der Waals surface area contributed by atoms with E-state index >= 15 is 0 Å². The molecule has 0 atom stereocenters. The monoisotopic (exact) mass is 208 g/mol. The summed E-state index contributed by atoms with van der Waals surface area (Å²) in [6.07, 6.45) is 0. The van der Waals surface area contributed by atoms with Gasteiger partial charge in [-0.25, -0.2) is 9.38 Å². The third-order valence-corrected chi connectivity index (χ3v) is 2.17. The van der Waals surface area contributed by atoms with E-state index < -0.39 is 0 Å². The molecule has 82 valence electrons. The second-order valence-corrected chi connectivity index (χ2v) is 4.68. The number of aryl methyl sites for hydroxylation is 1. The Labute approximate surface area is 90.0 Å². The third kappa shape index (κ3) is 3.05. The van der Waals surface area contributed by atoms with E-state index in [-0.39, 0.29) is 11.2 Å². The van der Waals surface area contributed by atoms with Gasteiger partial charge in [0.1, 0.15) is 11.7 Å². The molecular weight excluding hydrogens is 191 g/mol. The Balaban J connectivity index is 3.04. The number of aliphatic imine (C=N–C) groups is 1. The van der Waals surface area contributed by atoms with Crippen LogP contribution in [-0.4, -0.2) is 5.84 Å². The summed E-state index contributed by atoms with van der Waals surface area (Å²) < 4.78 is 13.2. The van der Waals surface area contributed by atoms with E-state index in [0.717, 1.165) is 0 Å². The first-order valence-corrected chi connectivity index (χ1v) is 4.91. The second kappa shape index (κ2) is 4.01. The van der Waals surface area contributed by atoms with Gasteiger partial charge in [-0.3, -0.25) is 0 Å². The molecule has 2 nitrogen and oxygen atoms in total. The average Bonchev–Trinajstić information content (AvgIpc) is 2.10. The highest BCUT2D eigenvalue weighted by atomic mass is 19.1. The van der Waals surface area contributed by atoms with Gasteiger partial charge in [-0.2, -0.15) is 0 Å². The number of hydrogen-bond donors (Lipinski definition) is 1. The van der Waals surface area contributed by atoms with Crippen LogP contribution in [0.3, 0.4) is 0 Å². The van der Waals surface area contributed by atoms with Gasteiger partial charge in [0.2, 0.25) is 0 Å². The highest BCUT2D eigenvalue weighted by Gasteiger charge is 2.15. The molecule has 0 saturated heterocycles. The molecule has 0 bridgehead atoms. The summed E-state index contributed by atoms with van der Waals surface area (Å²) in [5.74, 6) is 0.253. The van der Waals surface area contributed by atoms with E-state index in [1.54, 1.807) is 19.1 Å². The summed E-state index contributed by atoms with van der Waals surface area (Å²) >= 11 is 0. The lowest BCUT2D eigenvalue weighted by molar-refractivity contribution is 0.584. The number of hydrogen-bond acceptors (Lipinski definition) is 1. The van der Waals surface area contributed by atoms with Crippen LogP contribution in [-0.2, 0) is 0 Å².